The van der Waals surface area contributed by atoms with Crippen molar-refractivity contribution < 1.29 is 47.8 Å². The van der Waals surface area contributed by atoms with E-state index in [-0.39, 0.29) is 76.5 Å². The van der Waals surface area contributed by atoms with Crippen LogP contribution in [-0.2, 0) is 53.2 Å². The Morgan fingerprint density at radius 2 is 1.00 bits per heavy atom. The Morgan fingerprint density at radius 3 is 1.53 bits per heavy atom. The molecule has 0 aliphatic carbocycles. The van der Waals surface area contributed by atoms with Crippen molar-refractivity contribution >= 4 is 47.9 Å². The second kappa shape index (κ2) is 35.3. The molecule has 2 fully saturated rings. The Labute approximate surface area is 454 Å². The van der Waals surface area contributed by atoms with E-state index in [9.17, 15) is 33.6 Å². The lowest BCUT2D eigenvalue weighted by atomic mass is 10.1. The average molecular weight is 1070 g/mol. The number of carbonyl (C=O) groups is 7. The molecule has 7 amide bonds. The molecule has 3 aromatic rings. The van der Waals surface area contributed by atoms with Crippen LogP contribution in [0.3, 0.4) is 0 Å². The van der Waals surface area contributed by atoms with Crippen LogP contribution in [0.15, 0.2) is 96.0 Å². The van der Waals surface area contributed by atoms with Crippen LogP contribution in [0, 0.1) is 0 Å². The Kier molecular flexibility index (Phi) is 27.9. The summed E-state index contributed by atoms with van der Waals surface area (Å²) in [6.07, 6.45) is 13.2. The quantitative estimate of drug-likeness (QED) is 0.0156. The first-order valence-electron chi connectivity index (χ1n) is 27.9. The van der Waals surface area contributed by atoms with Crippen molar-refractivity contribution in [2.45, 2.75) is 173 Å². The van der Waals surface area contributed by atoms with Gasteiger partial charge in [0, 0.05) is 32.7 Å². The molecule has 2 aliphatic rings. The van der Waals surface area contributed by atoms with E-state index in [4.69, 9.17) is 19.9 Å². The molecule has 0 saturated carbocycles. The number of hydrogen-bond acceptors (Lipinski definition) is 12. The Morgan fingerprint density at radius 1 is 0.545 bits per heavy atom. The third kappa shape index (κ3) is 23.0. The SMILES string of the molecule is CCCCCCCCCCCCNC(=O)[C@@H]1CCCN1C(=O)[C@H](CCCCNC(=O)OCc1ccccc1)NC(=O)[C@@H]1CCCN1C(=O)[C@@H](N)CCCN=C(NC(=O)OCc1ccccc1)NC(=O)OCc1ccccc1. The normalized spacial score (nSPS) is 15.6. The molecule has 19 nitrogen and oxygen atoms in total. The Hall–Kier alpha value is -7.02. The summed E-state index contributed by atoms with van der Waals surface area (Å²) in [5, 5.41) is 13.7. The molecular weight excluding hydrogens is 983 g/mol. The number of benzene rings is 3. The first-order chi connectivity index (χ1) is 37.5. The van der Waals surface area contributed by atoms with Gasteiger partial charge in [0.2, 0.25) is 29.6 Å². The maximum atomic E-state index is 14.5. The number of nitrogens with one attached hydrogen (secondary N) is 5. The van der Waals surface area contributed by atoms with Gasteiger partial charge in [-0.2, -0.15) is 0 Å². The predicted molar refractivity (Wildman–Crippen MR) is 294 cm³/mol. The number of amides is 7. The lowest BCUT2D eigenvalue weighted by Crippen LogP contribution is -2.57. The van der Waals surface area contributed by atoms with Crippen LogP contribution in [0.1, 0.15) is 146 Å². The van der Waals surface area contributed by atoms with Gasteiger partial charge in [-0.3, -0.25) is 34.8 Å². The first kappa shape index (κ1) is 60.8. The summed E-state index contributed by atoms with van der Waals surface area (Å²) in [6, 6.07) is 23.9. The highest BCUT2D eigenvalue weighted by molar-refractivity contribution is 6.01. The lowest BCUT2D eigenvalue weighted by molar-refractivity contribution is -0.143. The zero-order valence-electron chi connectivity index (χ0n) is 45.1. The molecular formula is C58H83N9O10. The van der Waals surface area contributed by atoms with Gasteiger partial charge in [0.25, 0.3) is 0 Å². The highest BCUT2D eigenvalue weighted by atomic mass is 16.6. The minimum absolute atomic E-state index is 0.0215. The third-order valence-corrected chi connectivity index (χ3v) is 13.6. The Balaban J connectivity index is 1.14. The molecule has 0 bridgehead atoms. The molecule has 3 aromatic carbocycles. The van der Waals surface area contributed by atoms with Crippen molar-refractivity contribution in [3.05, 3.63) is 108 Å². The van der Waals surface area contributed by atoms with Crippen LogP contribution in [0.25, 0.3) is 0 Å². The van der Waals surface area contributed by atoms with Crippen LogP contribution in [0.5, 0.6) is 0 Å². The third-order valence-electron chi connectivity index (χ3n) is 13.6. The van der Waals surface area contributed by atoms with Crippen molar-refractivity contribution in [1.29, 1.82) is 0 Å². The number of likely N-dealkylation sites (tertiary alicyclic amines) is 2. The fourth-order valence-corrected chi connectivity index (χ4v) is 9.37. The minimum atomic E-state index is -1.01. The van der Waals surface area contributed by atoms with Crippen LogP contribution >= 0.6 is 0 Å². The molecule has 7 N–H and O–H groups in total. The summed E-state index contributed by atoms with van der Waals surface area (Å²) in [5.74, 6) is -1.72. The van der Waals surface area contributed by atoms with E-state index in [0.29, 0.717) is 51.6 Å². The largest absolute Gasteiger partial charge is 0.445 e. The van der Waals surface area contributed by atoms with E-state index in [1.165, 1.54) is 49.8 Å². The number of hydrogen-bond donors (Lipinski definition) is 6. The summed E-state index contributed by atoms with van der Waals surface area (Å²) in [7, 11) is 0. The minimum Gasteiger partial charge on any atom is -0.445 e. The molecule has 420 valence electrons. The van der Waals surface area contributed by atoms with Crippen molar-refractivity contribution in [3.8, 4) is 0 Å². The van der Waals surface area contributed by atoms with E-state index in [1.54, 1.807) is 29.2 Å². The molecule has 2 saturated heterocycles. The van der Waals surface area contributed by atoms with Gasteiger partial charge >= 0.3 is 18.3 Å². The molecule has 0 spiro atoms. The van der Waals surface area contributed by atoms with E-state index in [1.807, 2.05) is 66.7 Å². The number of carbonyl (C=O) groups excluding carboxylic acids is 7. The predicted octanol–water partition coefficient (Wildman–Crippen LogP) is 7.90. The summed E-state index contributed by atoms with van der Waals surface area (Å²) in [5.41, 5.74) is 8.84. The number of ether oxygens (including phenoxy) is 3. The van der Waals surface area contributed by atoms with Crippen LogP contribution in [0.4, 0.5) is 14.4 Å². The summed E-state index contributed by atoms with van der Waals surface area (Å²) in [4.78, 5) is 101. The maximum absolute atomic E-state index is 14.5. The Bertz CT molecular complexity index is 2230. The number of guanidine groups is 1. The van der Waals surface area contributed by atoms with Crippen LogP contribution in [0.2, 0.25) is 0 Å². The van der Waals surface area contributed by atoms with Crippen molar-refractivity contribution in [2.24, 2.45) is 10.7 Å². The highest BCUT2D eigenvalue weighted by Gasteiger charge is 2.41. The zero-order valence-corrected chi connectivity index (χ0v) is 45.1. The number of nitrogens with two attached hydrogens (primary N) is 1. The zero-order chi connectivity index (χ0) is 54.9. The van der Waals surface area contributed by atoms with Gasteiger partial charge in [0.05, 0.1) is 6.04 Å². The molecule has 5 rings (SSSR count). The molecule has 77 heavy (non-hydrogen) atoms. The fraction of sp³-hybridized carbons (Fsp3) is 0.552. The number of alkyl carbamates (subject to hydrolysis) is 3. The van der Waals surface area contributed by atoms with Gasteiger partial charge in [-0.1, -0.05) is 156 Å². The highest BCUT2D eigenvalue weighted by Crippen LogP contribution is 2.23. The second-order valence-electron chi connectivity index (χ2n) is 19.8. The van der Waals surface area contributed by atoms with E-state index >= 15 is 0 Å². The van der Waals surface area contributed by atoms with Crippen molar-refractivity contribution in [1.82, 2.24) is 36.4 Å². The van der Waals surface area contributed by atoms with E-state index in [2.05, 4.69) is 38.5 Å². The maximum Gasteiger partial charge on any atom is 0.414 e. The van der Waals surface area contributed by atoms with E-state index < -0.39 is 54.3 Å². The molecule has 2 aliphatic heterocycles. The van der Waals surface area contributed by atoms with Crippen molar-refractivity contribution in [3.63, 3.8) is 0 Å². The topological polar surface area (TPSA) is 252 Å². The molecule has 0 radical (unpaired) electrons. The van der Waals surface area contributed by atoms with Gasteiger partial charge in [-0.25, -0.2) is 14.4 Å². The van der Waals surface area contributed by atoms with Crippen LogP contribution < -0.4 is 32.3 Å². The van der Waals surface area contributed by atoms with Gasteiger partial charge < -0.3 is 45.7 Å². The fourth-order valence-electron chi connectivity index (χ4n) is 9.37. The summed E-state index contributed by atoms with van der Waals surface area (Å²) < 4.78 is 16.0. The van der Waals surface area contributed by atoms with Gasteiger partial charge in [0.1, 0.15) is 37.9 Å². The van der Waals surface area contributed by atoms with Gasteiger partial charge in [-0.15, -0.1) is 0 Å². The lowest BCUT2D eigenvalue weighted by Gasteiger charge is -2.31. The molecule has 0 aromatic heterocycles. The van der Waals surface area contributed by atoms with Crippen LogP contribution in [-0.4, -0.2) is 115 Å². The summed E-state index contributed by atoms with van der Waals surface area (Å²) >= 11 is 0. The van der Waals surface area contributed by atoms with Gasteiger partial charge in [0.15, 0.2) is 0 Å². The molecule has 2 heterocycles. The number of unbranched alkanes of at least 4 members (excludes halogenated alkanes) is 10. The molecule has 4 atom stereocenters. The second-order valence-corrected chi connectivity index (χ2v) is 19.8. The average Bonchev–Trinajstić information content (AvgIpc) is 4.16. The smallest absolute Gasteiger partial charge is 0.414 e. The van der Waals surface area contributed by atoms with E-state index in [0.717, 1.165) is 36.0 Å². The van der Waals surface area contributed by atoms with Gasteiger partial charge in [-0.05, 0) is 80.9 Å². The number of nitrogens with zero attached hydrogens (tertiary/aromatic N) is 3. The first-order valence-corrected chi connectivity index (χ1v) is 27.9. The molecule has 19 heteroatoms. The standard InChI is InChI=1S/C58H83N9O10/c1-2-3-4-5-6-7-8-9-10-21-36-60-51(68)49-34-24-40-67(49)54(71)48(33-20-22-37-62-56(72)75-41-44-26-14-11-15-27-44)63-52(69)50-35-25-39-66(50)53(70)47(59)32-23-38-61-55(64-57(73)76-42-45-28-16-12-17-29-45)65-58(74)77-43-46-30-18-13-19-31-46/h11-19,26-31,47-50H,2-10,20-25,32-43,59H2,1H3,(H,60,68)(H,62,72)(H,63,69)(H2,61,64,65,73,74)/t47-,48-,49-,50-/m0/s1. The number of aliphatic imine (C=N–C) groups is 1. The number of rotatable bonds is 31. The summed E-state index contributed by atoms with van der Waals surface area (Å²) in [6.45, 7) is 3.81. The molecule has 0 unspecified atom stereocenters. The monoisotopic (exact) mass is 1070 g/mol. The van der Waals surface area contributed by atoms with Crippen molar-refractivity contribution in [2.75, 3.05) is 32.7 Å².